The first-order valence-electron chi connectivity index (χ1n) is 11.9. The van der Waals surface area contributed by atoms with Crippen LogP contribution < -0.4 is 10.9 Å². The fourth-order valence-corrected chi connectivity index (χ4v) is 4.43. The number of nitrogens with one attached hydrogen (secondary N) is 1. The van der Waals surface area contributed by atoms with Crippen molar-refractivity contribution in [2.75, 3.05) is 0 Å². The number of benzene rings is 3. The Hall–Kier alpha value is -4.26. The average molecular weight is 466 g/mol. The third-order valence-corrected chi connectivity index (χ3v) is 6.29. The summed E-state index contributed by atoms with van der Waals surface area (Å²) in [5.41, 5.74) is 2.87. The molecule has 0 saturated heterocycles. The van der Waals surface area contributed by atoms with E-state index in [4.69, 9.17) is 0 Å². The zero-order chi connectivity index (χ0) is 24.2. The Bertz CT molecular complexity index is 1520. The van der Waals surface area contributed by atoms with Crippen molar-refractivity contribution in [2.45, 2.75) is 38.8 Å². The van der Waals surface area contributed by atoms with Crippen LogP contribution in [0.15, 0.2) is 89.7 Å². The topological polar surface area (TPSA) is 81.3 Å². The SMILES string of the molecule is CC(NC(=O)CCc1nnc2n(CCc3ccccc3)c(=O)c3ccccc3n12)c1ccccc1. The van der Waals surface area contributed by atoms with E-state index in [1.54, 1.807) is 4.57 Å². The molecule has 3 aromatic carbocycles. The summed E-state index contributed by atoms with van der Waals surface area (Å²) in [5, 5.41) is 12.4. The highest BCUT2D eigenvalue weighted by atomic mass is 16.1. The molecule has 0 fully saturated rings. The molecule has 5 aromatic rings. The van der Waals surface area contributed by atoms with Crippen molar-refractivity contribution < 1.29 is 4.79 Å². The average Bonchev–Trinajstić information content (AvgIpc) is 3.32. The van der Waals surface area contributed by atoms with E-state index in [1.165, 1.54) is 0 Å². The highest BCUT2D eigenvalue weighted by Crippen LogP contribution is 2.17. The minimum Gasteiger partial charge on any atom is -0.350 e. The molecule has 0 bridgehead atoms. The molecule has 2 aromatic heterocycles. The van der Waals surface area contributed by atoms with Gasteiger partial charge in [-0.2, -0.15) is 0 Å². The first-order valence-corrected chi connectivity index (χ1v) is 11.9. The van der Waals surface area contributed by atoms with Crippen molar-refractivity contribution in [1.82, 2.24) is 24.5 Å². The molecule has 1 amide bonds. The quantitative estimate of drug-likeness (QED) is 0.374. The standard InChI is InChI=1S/C28H27N5O2/c1-20(22-12-6-3-7-13-22)29-26(34)17-16-25-30-31-28-32(19-18-21-10-4-2-5-11-21)27(35)23-14-8-9-15-24(23)33(25)28/h2-15,20H,16-19H2,1H3,(H,29,34). The summed E-state index contributed by atoms with van der Waals surface area (Å²) in [6.07, 6.45) is 1.39. The predicted octanol–water partition coefficient (Wildman–Crippen LogP) is 4.10. The second-order valence-corrected chi connectivity index (χ2v) is 8.66. The number of nitrogens with zero attached hydrogens (tertiary/aromatic N) is 4. The molecule has 0 radical (unpaired) electrons. The van der Waals surface area contributed by atoms with Gasteiger partial charge in [-0.3, -0.25) is 18.6 Å². The Balaban J connectivity index is 1.42. The van der Waals surface area contributed by atoms with Crippen LogP contribution in [0.3, 0.4) is 0 Å². The van der Waals surface area contributed by atoms with Gasteiger partial charge < -0.3 is 5.32 Å². The Labute approximate surface area is 203 Å². The molecule has 0 saturated carbocycles. The monoisotopic (exact) mass is 465 g/mol. The van der Waals surface area contributed by atoms with Crippen molar-refractivity contribution in [2.24, 2.45) is 0 Å². The van der Waals surface area contributed by atoms with Crippen LogP contribution in [-0.4, -0.2) is 25.1 Å². The van der Waals surface area contributed by atoms with E-state index in [-0.39, 0.29) is 23.9 Å². The normalized spacial score (nSPS) is 12.1. The summed E-state index contributed by atoms with van der Waals surface area (Å²) in [6, 6.07) is 27.3. The van der Waals surface area contributed by atoms with Gasteiger partial charge in [0.2, 0.25) is 11.7 Å². The zero-order valence-electron chi connectivity index (χ0n) is 19.6. The molecule has 7 nitrogen and oxygen atoms in total. The van der Waals surface area contributed by atoms with Gasteiger partial charge in [0.25, 0.3) is 5.56 Å². The van der Waals surface area contributed by atoms with Crippen LogP contribution in [0.5, 0.6) is 0 Å². The highest BCUT2D eigenvalue weighted by molar-refractivity contribution is 5.80. The van der Waals surface area contributed by atoms with Crippen LogP contribution in [0.4, 0.5) is 0 Å². The summed E-state index contributed by atoms with van der Waals surface area (Å²) in [5.74, 6) is 1.10. The number of hydrogen-bond donors (Lipinski definition) is 1. The lowest BCUT2D eigenvalue weighted by Gasteiger charge is -2.14. The lowest BCUT2D eigenvalue weighted by molar-refractivity contribution is -0.121. The smallest absolute Gasteiger partial charge is 0.262 e. The Kier molecular flexibility index (Phi) is 6.39. The van der Waals surface area contributed by atoms with E-state index in [9.17, 15) is 9.59 Å². The van der Waals surface area contributed by atoms with E-state index >= 15 is 0 Å². The van der Waals surface area contributed by atoms with Gasteiger partial charge in [0, 0.05) is 19.4 Å². The molecular formula is C28H27N5O2. The van der Waals surface area contributed by atoms with Crippen LogP contribution in [0, 0.1) is 0 Å². The van der Waals surface area contributed by atoms with Crippen molar-refractivity contribution >= 4 is 22.6 Å². The summed E-state index contributed by atoms with van der Waals surface area (Å²) in [6.45, 7) is 2.46. The molecule has 0 aliphatic heterocycles. The van der Waals surface area contributed by atoms with E-state index in [0.717, 1.165) is 16.6 Å². The largest absolute Gasteiger partial charge is 0.350 e. The highest BCUT2D eigenvalue weighted by Gasteiger charge is 2.18. The summed E-state index contributed by atoms with van der Waals surface area (Å²) in [7, 11) is 0. The third kappa shape index (κ3) is 4.71. The van der Waals surface area contributed by atoms with Crippen LogP contribution in [0.25, 0.3) is 16.7 Å². The third-order valence-electron chi connectivity index (χ3n) is 6.29. The molecule has 0 aliphatic carbocycles. The number of para-hydroxylation sites is 1. The Morgan fingerprint density at radius 3 is 2.34 bits per heavy atom. The molecule has 0 aliphatic rings. The molecule has 176 valence electrons. The van der Waals surface area contributed by atoms with E-state index in [1.807, 2.05) is 96.3 Å². The Morgan fingerprint density at radius 2 is 1.57 bits per heavy atom. The predicted molar refractivity (Wildman–Crippen MR) is 136 cm³/mol. The first kappa shape index (κ1) is 22.5. The number of aromatic nitrogens is 4. The van der Waals surface area contributed by atoms with Gasteiger partial charge in [-0.1, -0.05) is 72.8 Å². The molecule has 35 heavy (non-hydrogen) atoms. The number of amides is 1. The van der Waals surface area contributed by atoms with Gasteiger partial charge in [0.1, 0.15) is 5.82 Å². The minimum absolute atomic E-state index is 0.0557. The first-order chi connectivity index (χ1) is 17.1. The zero-order valence-corrected chi connectivity index (χ0v) is 19.6. The molecular weight excluding hydrogens is 438 g/mol. The molecule has 2 heterocycles. The van der Waals surface area contributed by atoms with Gasteiger partial charge in [-0.25, -0.2) is 0 Å². The van der Waals surface area contributed by atoms with Crippen LogP contribution in [0.2, 0.25) is 0 Å². The van der Waals surface area contributed by atoms with Gasteiger partial charge in [-0.15, -0.1) is 10.2 Å². The van der Waals surface area contributed by atoms with Gasteiger partial charge >= 0.3 is 0 Å². The van der Waals surface area contributed by atoms with Crippen LogP contribution in [-0.2, 0) is 24.2 Å². The van der Waals surface area contributed by atoms with Crippen LogP contribution >= 0.6 is 0 Å². The van der Waals surface area contributed by atoms with Gasteiger partial charge in [0.15, 0.2) is 0 Å². The van der Waals surface area contributed by atoms with Gasteiger partial charge in [-0.05, 0) is 36.6 Å². The number of fused-ring (bicyclic) bond motifs is 3. The van der Waals surface area contributed by atoms with Crippen molar-refractivity contribution in [3.8, 4) is 0 Å². The summed E-state index contributed by atoms with van der Waals surface area (Å²) in [4.78, 5) is 26.0. The number of rotatable bonds is 8. The molecule has 7 heteroatoms. The maximum atomic E-state index is 13.3. The fraction of sp³-hybridized carbons (Fsp3) is 0.214. The number of carbonyl (C=O) groups is 1. The summed E-state index contributed by atoms with van der Waals surface area (Å²) < 4.78 is 3.60. The number of hydrogen-bond acceptors (Lipinski definition) is 4. The maximum absolute atomic E-state index is 13.3. The molecule has 1 atom stereocenters. The molecule has 5 rings (SSSR count). The van der Waals surface area contributed by atoms with Gasteiger partial charge in [0.05, 0.1) is 16.9 Å². The molecule has 0 spiro atoms. The fourth-order valence-electron chi connectivity index (χ4n) is 4.43. The van der Waals surface area contributed by atoms with Crippen molar-refractivity contribution in [1.29, 1.82) is 0 Å². The number of carbonyl (C=O) groups excluding carboxylic acids is 1. The molecule has 1 N–H and O–H groups in total. The lowest BCUT2D eigenvalue weighted by atomic mass is 10.1. The number of aryl methyl sites for hydroxylation is 3. The van der Waals surface area contributed by atoms with Crippen molar-refractivity contribution in [3.63, 3.8) is 0 Å². The Morgan fingerprint density at radius 1 is 0.886 bits per heavy atom. The van der Waals surface area contributed by atoms with E-state index in [2.05, 4.69) is 15.5 Å². The maximum Gasteiger partial charge on any atom is 0.262 e. The minimum atomic E-state index is -0.0857. The van der Waals surface area contributed by atoms with Crippen LogP contribution in [0.1, 0.15) is 36.3 Å². The summed E-state index contributed by atoms with van der Waals surface area (Å²) >= 11 is 0. The van der Waals surface area contributed by atoms with Crippen molar-refractivity contribution in [3.05, 3.63) is 112 Å². The van der Waals surface area contributed by atoms with E-state index < -0.39 is 0 Å². The lowest BCUT2D eigenvalue weighted by Crippen LogP contribution is -2.27. The van der Waals surface area contributed by atoms with E-state index in [0.29, 0.717) is 36.4 Å². The second kappa shape index (κ2) is 9.93. The second-order valence-electron chi connectivity index (χ2n) is 8.66. The molecule has 1 unspecified atom stereocenters.